The van der Waals surface area contributed by atoms with Gasteiger partial charge in [-0.3, -0.25) is 0 Å². The van der Waals surface area contributed by atoms with Crippen molar-refractivity contribution in [2.45, 2.75) is 59.4 Å². The number of hydrogen-bond donors (Lipinski definition) is 2. The number of thiazole rings is 1. The zero-order chi connectivity index (χ0) is 14.8. The number of nitrogens with one attached hydrogen (secondary N) is 2. The predicted molar refractivity (Wildman–Crippen MR) is 104 cm³/mol. The van der Waals surface area contributed by atoms with E-state index in [-0.39, 0.29) is 24.0 Å². The van der Waals surface area contributed by atoms with E-state index in [0.717, 1.165) is 24.1 Å². The summed E-state index contributed by atoms with van der Waals surface area (Å²) >= 11 is 1.70. The second-order valence-corrected chi connectivity index (χ2v) is 6.09. The van der Waals surface area contributed by atoms with Crippen LogP contribution in [0.4, 0.5) is 0 Å². The Hall–Kier alpha value is -0.370. The first kappa shape index (κ1) is 20.6. The molecule has 0 saturated carbocycles. The van der Waals surface area contributed by atoms with Crippen LogP contribution >= 0.6 is 35.3 Å². The van der Waals surface area contributed by atoms with Gasteiger partial charge in [0.2, 0.25) is 0 Å². The van der Waals surface area contributed by atoms with E-state index in [9.17, 15) is 0 Å². The maximum Gasteiger partial charge on any atom is 0.191 e. The molecule has 1 rings (SSSR count). The Morgan fingerprint density at radius 2 is 2.05 bits per heavy atom. The van der Waals surface area contributed by atoms with Crippen LogP contribution in [-0.4, -0.2) is 24.0 Å². The summed E-state index contributed by atoms with van der Waals surface area (Å²) in [5, 5.41) is 9.86. The molecule has 0 atom stereocenters. The first-order chi connectivity index (χ1) is 9.67. The molecule has 1 heterocycles. The normalized spacial score (nSPS) is 11.4. The molecule has 0 aliphatic heterocycles. The third kappa shape index (κ3) is 8.60. The van der Waals surface area contributed by atoms with E-state index in [1.54, 1.807) is 11.3 Å². The topological polar surface area (TPSA) is 49.3 Å². The van der Waals surface area contributed by atoms with Gasteiger partial charge in [-0.15, -0.1) is 35.3 Å². The molecule has 0 fully saturated rings. The number of guanidine groups is 1. The predicted octanol–water partition coefficient (Wildman–Crippen LogP) is 4.13. The van der Waals surface area contributed by atoms with Crippen molar-refractivity contribution in [3.8, 4) is 0 Å². The third-order valence-electron chi connectivity index (χ3n) is 2.95. The average molecular weight is 424 g/mol. The van der Waals surface area contributed by atoms with Crippen LogP contribution in [0.25, 0.3) is 0 Å². The molecule has 1 aromatic heterocycles. The van der Waals surface area contributed by atoms with Crippen molar-refractivity contribution in [1.29, 1.82) is 0 Å². The maximum absolute atomic E-state index is 4.61. The maximum atomic E-state index is 4.61. The highest BCUT2D eigenvalue weighted by atomic mass is 127. The van der Waals surface area contributed by atoms with E-state index in [0.29, 0.717) is 12.5 Å². The number of nitrogens with zero attached hydrogens (tertiary/aromatic N) is 2. The number of hydrogen-bond acceptors (Lipinski definition) is 3. The van der Waals surface area contributed by atoms with Crippen LogP contribution in [0.1, 0.15) is 63.6 Å². The Balaban J connectivity index is 0.00000400. The van der Waals surface area contributed by atoms with Gasteiger partial charge in [-0.05, 0) is 19.3 Å². The quantitative estimate of drug-likeness (QED) is 0.286. The smallest absolute Gasteiger partial charge is 0.191 e. The molecule has 0 bridgehead atoms. The van der Waals surface area contributed by atoms with Gasteiger partial charge in [0.15, 0.2) is 5.96 Å². The van der Waals surface area contributed by atoms with E-state index in [1.165, 1.54) is 25.0 Å². The lowest BCUT2D eigenvalue weighted by Crippen LogP contribution is -2.37. The molecule has 4 nitrogen and oxygen atoms in total. The van der Waals surface area contributed by atoms with Gasteiger partial charge in [0, 0.05) is 18.5 Å². The number of aliphatic imine (C=N–C) groups is 1. The summed E-state index contributed by atoms with van der Waals surface area (Å²) < 4.78 is 0. The minimum absolute atomic E-state index is 0. The minimum atomic E-state index is 0. The van der Waals surface area contributed by atoms with Crippen LogP contribution < -0.4 is 10.6 Å². The zero-order valence-corrected chi connectivity index (χ0v) is 16.8. The molecule has 0 amide bonds. The largest absolute Gasteiger partial charge is 0.357 e. The van der Waals surface area contributed by atoms with Gasteiger partial charge >= 0.3 is 0 Å². The summed E-state index contributed by atoms with van der Waals surface area (Å²) in [5.41, 5.74) is 1.17. The molecule has 0 aromatic carbocycles. The Bertz CT molecular complexity index is 404. The van der Waals surface area contributed by atoms with Crippen LogP contribution in [0.2, 0.25) is 0 Å². The van der Waals surface area contributed by atoms with E-state index in [4.69, 9.17) is 0 Å². The molecule has 2 N–H and O–H groups in total. The molecule has 122 valence electrons. The van der Waals surface area contributed by atoms with Crippen LogP contribution in [0.5, 0.6) is 0 Å². The Morgan fingerprint density at radius 3 is 2.62 bits per heavy atom. The van der Waals surface area contributed by atoms with Crippen molar-refractivity contribution >= 4 is 41.3 Å². The summed E-state index contributed by atoms with van der Waals surface area (Å²) in [6.45, 7) is 11.2. The van der Waals surface area contributed by atoms with Gasteiger partial charge in [0.05, 0.1) is 12.2 Å². The summed E-state index contributed by atoms with van der Waals surface area (Å²) in [4.78, 5) is 9.20. The average Bonchev–Trinajstić information content (AvgIpc) is 2.90. The van der Waals surface area contributed by atoms with Crippen molar-refractivity contribution < 1.29 is 0 Å². The lowest BCUT2D eigenvalue weighted by atomic mass is 10.2. The standard InChI is InChI=1S/C15H28N4S.HI/c1-5-7-8-9-17-15(16-6-2)18-10-14-19-13(11-20-14)12(3)4;/h11-12H,5-10H2,1-4H3,(H2,16,17,18);1H. The van der Waals surface area contributed by atoms with Crippen molar-refractivity contribution in [1.82, 2.24) is 15.6 Å². The fourth-order valence-electron chi connectivity index (χ4n) is 1.73. The minimum Gasteiger partial charge on any atom is -0.357 e. The van der Waals surface area contributed by atoms with Crippen molar-refractivity contribution in [2.75, 3.05) is 13.1 Å². The molecule has 21 heavy (non-hydrogen) atoms. The third-order valence-corrected chi connectivity index (χ3v) is 3.80. The van der Waals surface area contributed by atoms with Crippen molar-refractivity contribution in [3.05, 3.63) is 16.1 Å². The van der Waals surface area contributed by atoms with E-state index in [2.05, 4.69) is 53.7 Å². The van der Waals surface area contributed by atoms with Gasteiger partial charge < -0.3 is 10.6 Å². The first-order valence-corrected chi connectivity index (χ1v) is 8.51. The molecule has 0 spiro atoms. The highest BCUT2D eigenvalue weighted by Crippen LogP contribution is 2.18. The van der Waals surface area contributed by atoms with Crippen LogP contribution in [-0.2, 0) is 6.54 Å². The van der Waals surface area contributed by atoms with Crippen LogP contribution in [0.15, 0.2) is 10.4 Å². The molecule has 0 aliphatic carbocycles. The van der Waals surface area contributed by atoms with Gasteiger partial charge in [0.25, 0.3) is 0 Å². The Morgan fingerprint density at radius 1 is 1.29 bits per heavy atom. The first-order valence-electron chi connectivity index (χ1n) is 7.63. The highest BCUT2D eigenvalue weighted by Gasteiger charge is 2.05. The van der Waals surface area contributed by atoms with Crippen LogP contribution in [0, 0.1) is 0 Å². The molecule has 6 heteroatoms. The van der Waals surface area contributed by atoms with E-state index >= 15 is 0 Å². The second-order valence-electron chi connectivity index (χ2n) is 5.15. The number of halogens is 1. The summed E-state index contributed by atoms with van der Waals surface area (Å²) in [5.74, 6) is 1.38. The molecule has 1 aromatic rings. The van der Waals surface area contributed by atoms with Crippen molar-refractivity contribution in [2.24, 2.45) is 4.99 Å². The lowest BCUT2D eigenvalue weighted by Gasteiger charge is -2.10. The number of aromatic nitrogens is 1. The van der Waals surface area contributed by atoms with Gasteiger partial charge in [0.1, 0.15) is 5.01 Å². The number of unbranched alkanes of at least 4 members (excludes halogenated alkanes) is 2. The molecular weight excluding hydrogens is 395 g/mol. The van der Waals surface area contributed by atoms with Crippen LogP contribution in [0.3, 0.4) is 0 Å². The fourth-order valence-corrected chi connectivity index (χ4v) is 2.61. The molecule has 0 aliphatic rings. The zero-order valence-electron chi connectivity index (χ0n) is 13.6. The summed E-state index contributed by atoms with van der Waals surface area (Å²) in [7, 11) is 0. The molecule has 0 radical (unpaired) electrons. The second kappa shape index (κ2) is 12.2. The van der Waals surface area contributed by atoms with E-state index in [1.807, 2.05) is 0 Å². The fraction of sp³-hybridized carbons (Fsp3) is 0.733. The molecular formula is C15H29IN4S. The number of rotatable bonds is 8. The Kier molecular flexibility index (Phi) is 12.0. The SMILES string of the molecule is CCCCCNC(=NCc1nc(C(C)C)cs1)NCC.I. The lowest BCUT2D eigenvalue weighted by molar-refractivity contribution is 0.683. The Labute approximate surface area is 150 Å². The highest BCUT2D eigenvalue weighted by molar-refractivity contribution is 14.0. The van der Waals surface area contributed by atoms with E-state index < -0.39 is 0 Å². The van der Waals surface area contributed by atoms with Gasteiger partial charge in [-0.1, -0.05) is 33.6 Å². The summed E-state index contributed by atoms with van der Waals surface area (Å²) in [6, 6.07) is 0. The molecule has 0 unspecified atom stereocenters. The van der Waals surface area contributed by atoms with Gasteiger partial charge in [-0.2, -0.15) is 0 Å². The monoisotopic (exact) mass is 424 g/mol. The molecule has 0 saturated heterocycles. The van der Waals surface area contributed by atoms with Gasteiger partial charge in [-0.25, -0.2) is 9.98 Å². The summed E-state index contributed by atoms with van der Waals surface area (Å²) in [6.07, 6.45) is 3.69. The van der Waals surface area contributed by atoms with Crippen molar-refractivity contribution in [3.63, 3.8) is 0 Å².